The van der Waals surface area contributed by atoms with Gasteiger partial charge in [0.25, 0.3) is 0 Å². The zero-order chi connectivity index (χ0) is 10.6. The summed E-state index contributed by atoms with van der Waals surface area (Å²) in [5.41, 5.74) is 0. The van der Waals surface area contributed by atoms with Crippen LogP contribution in [-0.2, 0) is 4.79 Å². The van der Waals surface area contributed by atoms with Crippen LogP contribution in [0, 0.1) is 11.8 Å². The lowest BCUT2D eigenvalue weighted by Gasteiger charge is -1.93. The molecule has 2 aliphatic carbocycles. The largest absolute Gasteiger partial charge is 0.481 e. The second-order valence-electron chi connectivity index (χ2n) is 4.85. The summed E-state index contributed by atoms with van der Waals surface area (Å²) in [4.78, 5) is 10.7. The highest BCUT2D eigenvalue weighted by Crippen LogP contribution is 2.51. The normalized spacial score (nSPS) is 37.7. The average molecular weight is 206 g/mol. The van der Waals surface area contributed by atoms with E-state index in [4.69, 9.17) is 9.52 Å². The Bertz CT molecular complexity index is 407. The van der Waals surface area contributed by atoms with E-state index in [0.717, 1.165) is 23.9 Å². The quantitative estimate of drug-likeness (QED) is 0.826. The van der Waals surface area contributed by atoms with E-state index in [1.807, 2.05) is 12.1 Å². The van der Waals surface area contributed by atoms with Crippen LogP contribution in [0.3, 0.4) is 0 Å². The molecule has 0 aromatic carbocycles. The summed E-state index contributed by atoms with van der Waals surface area (Å²) < 4.78 is 5.72. The third kappa shape index (κ3) is 1.46. The number of hydrogen-bond donors (Lipinski definition) is 1. The Hall–Kier alpha value is -1.25. The second-order valence-corrected chi connectivity index (χ2v) is 4.85. The summed E-state index contributed by atoms with van der Waals surface area (Å²) in [6, 6.07) is 3.97. The molecule has 4 atom stereocenters. The molecule has 0 saturated heterocycles. The lowest BCUT2D eigenvalue weighted by atomic mass is 10.2. The number of rotatable bonds is 3. The van der Waals surface area contributed by atoms with Gasteiger partial charge in [0.05, 0.1) is 5.92 Å². The van der Waals surface area contributed by atoms with Gasteiger partial charge in [0.1, 0.15) is 11.5 Å². The first-order valence-corrected chi connectivity index (χ1v) is 5.49. The number of carbonyl (C=O) groups is 1. The van der Waals surface area contributed by atoms with E-state index in [1.54, 1.807) is 0 Å². The zero-order valence-electron chi connectivity index (χ0n) is 8.64. The van der Waals surface area contributed by atoms with Gasteiger partial charge in [-0.1, -0.05) is 6.92 Å². The van der Waals surface area contributed by atoms with Gasteiger partial charge in [-0.05, 0) is 30.9 Å². The van der Waals surface area contributed by atoms with Crippen molar-refractivity contribution < 1.29 is 14.3 Å². The number of carboxylic acid groups (broad SMARTS) is 1. The van der Waals surface area contributed by atoms with Crippen LogP contribution < -0.4 is 0 Å². The molecule has 15 heavy (non-hydrogen) atoms. The van der Waals surface area contributed by atoms with Crippen molar-refractivity contribution in [1.29, 1.82) is 0 Å². The Morgan fingerprint density at radius 3 is 2.40 bits per heavy atom. The minimum atomic E-state index is -0.697. The molecule has 3 nitrogen and oxygen atoms in total. The molecule has 0 bridgehead atoms. The lowest BCUT2D eigenvalue weighted by Crippen LogP contribution is -1.98. The Morgan fingerprint density at radius 1 is 1.33 bits per heavy atom. The van der Waals surface area contributed by atoms with E-state index >= 15 is 0 Å². The molecule has 1 aromatic heterocycles. The van der Waals surface area contributed by atoms with Crippen LogP contribution in [0.25, 0.3) is 0 Å². The van der Waals surface area contributed by atoms with Crippen LogP contribution in [-0.4, -0.2) is 11.1 Å². The van der Waals surface area contributed by atoms with Crippen LogP contribution >= 0.6 is 0 Å². The van der Waals surface area contributed by atoms with Crippen molar-refractivity contribution in [2.24, 2.45) is 11.8 Å². The fraction of sp³-hybridized carbons (Fsp3) is 0.583. The Labute approximate surface area is 88.1 Å². The fourth-order valence-electron chi connectivity index (χ4n) is 2.27. The number of carboxylic acids is 1. The van der Waals surface area contributed by atoms with Crippen LogP contribution in [0.5, 0.6) is 0 Å². The molecule has 80 valence electrons. The molecule has 0 amide bonds. The predicted octanol–water partition coefficient (Wildman–Crippen LogP) is 2.59. The first-order chi connectivity index (χ1) is 7.16. The molecule has 2 saturated carbocycles. The summed E-state index contributed by atoms with van der Waals surface area (Å²) in [5.74, 6) is 2.47. The third-order valence-electron chi connectivity index (χ3n) is 3.60. The van der Waals surface area contributed by atoms with Gasteiger partial charge in [-0.15, -0.1) is 0 Å². The van der Waals surface area contributed by atoms with Crippen LogP contribution in [0.4, 0.5) is 0 Å². The molecule has 3 rings (SSSR count). The maximum atomic E-state index is 10.7. The molecule has 2 aliphatic rings. The number of hydrogen-bond acceptors (Lipinski definition) is 2. The van der Waals surface area contributed by atoms with Crippen molar-refractivity contribution in [2.45, 2.75) is 31.6 Å². The molecule has 1 N–H and O–H groups in total. The Morgan fingerprint density at radius 2 is 1.93 bits per heavy atom. The van der Waals surface area contributed by atoms with Gasteiger partial charge < -0.3 is 9.52 Å². The molecule has 2 fully saturated rings. The summed E-state index contributed by atoms with van der Waals surface area (Å²) >= 11 is 0. The van der Waals surface area contributed by atoms with Crippen LogP contribution in [0.2, 0.25) is 0 Å². The lowest BCUT2D eigenvalue weighted by molar-refractivity contribution is -0.138. The first-order valence-electron chi connectivity index (χ1n) is 5.49. The maximum Gasteiger partial charge on any atom is 0.307 e. The predicted molar refractivity (Wildman–Crippen MR) is 53.7 cm³/mol. The van der Waals surface area contributed by atoms with Gasteiger partial charge in [-0.25, -0.2) is 0 Å². The summed E-state index contributed by atoms with van der Waals surface area (Å²) in [6.07, 6.45) is 1.95. The van der Waals surface area contributed by atoms with Crippen molar-refractivity contribution in [2.75, 3.05) is 0 Å². The van der Waals surface area contributed by atoms with Gasteiger partial charge in [0.2, 0.25) is 0 Å². The zero-order valence-corrected chi connectivity index (χ0v) is 8.64. The van der Waals surface area contributed by atoms with E-state index in [-0.39, 0.29) is 11.8 Å². The SMILES string of the molecule is C[C@@H]1C[C@@H]1c1ccc([C@@H]2C[C@H]2C(=O)O)o1. The molecular weight excluding hydrogens is 192 g/mol. The summed E-state index contributed by atoms with van der Waals surface area (Å²) in [5, 5.41) is 8.81. The van der Waals surface area contributed by atoms with Gasteiger partial charge in [0, 0.05) is 11.8 Å². The smallest absolute Gasteiger partial charge is 0.307 e. The summed E-state index contributed by atoms with van der Waals surface area (Å²) in [7, 11) is 0. The molecular formula is C12H14O3. The monoisotopic (exact) mass is 206 g/mol. The molecule has 0 aliphatic heterocycles. The Balaban J connectivity index is 1.72. The molecule has 0 radical (unpaired) electrons. The molecule has 3 heteroatoms. The highest BCUT2D eigenvalue weighted by Gasteiger charge is 2.47. The number of furan rings is 1. The van der Waals surface area contributed by atoms with Crippen molar-refractivity contribution in [3.63, 3.8) is 0 Å². The molecule has 0 unspecified atom stereocenters. The van der Waals surface area contributed by atoms with Crippen molar-refractivity contribution >= 4 is 5.97 Å². The first kappa shape index (κ1) is 9.01. The maximum absolute atomic E-state index is 10.7. The third-order valence-corrected chi connectivity index (χ3v) is 3.60. The van der Waals surface area contributed by atoms with E-state index in [1.165, 1.54) is 6.42 Å². The van der Waals surface area contributed by atoms with Crippen molar-refractivity contribution in [3.05, 3.63) is 23.7 Å². The highest BCUT2D eigenvalue weighted by atomic mass is 16.4. The minimum Gasteiger partial charge on any atom is -0.481 e. The Kier molecular flexibility index (Phi) is 1.73. The van der Waals surface area contributed by atoms with Crippen LogP contribution in [0.1, 0.15) is 43.1 Å². The fourth-order valence-corrected chi connectivity index (χ4v) is 2.27. The van der Waals surface area contributed by atoms with Gasteiger partial charge >= 0.3 is 5.97 Å². The standard InChI is InChI=1S/C12H14O3/c1-6-4-7(6)10-2-3-11(15-10)8-5-9(8)12(13)14/h2-3,6-9H,4-5H2,1H3,(H,13,14)/t6-,7+,8-,9-/m1/s1. The molecule has 1 aromatic rings. The second kappa shape index (κ2) is 2.87. The number of aliphatic carboxylic acids is 1. The minimum absolute atomic E-state index is 0.130. The van der Waals surface area contributed by atoms with Crippen molar-refractivity contribution in [3.8, 4) is 0 Å². The summed E-state index contributed by atoms with van der Waals surface area (Å²) in [6.45, 7) is 2.21. The van der Waals surface area contributed by atoms with E-state index in [2.05, 4.69) is 6.92 Å². The van der Waals surface area contributed by atoms with E-state index in [0.29, 0.717) is 5.92 Å². The van der Waals surface area contributed by atoms with E-state index in [9.17, 15) is 4.79 Å². The van der Waals surface area contributed by atoms with E-state index < -0.39 is 5.97 Å². The topological polar surface area (TPSA) is 50.4 Å². The van der Waals surface area contributed by atoms with Crippen LogP contribution in [0.15, 0.2) is 16.5 Å². The van der Waals surface area contributed by atoms with Gasteiger partial charge in [-0.3, -0.25) is 4.79 Å². The molecule has 1 heterocycles. The highest BCUT2D eigenvalue weighted by molar-refractivity contribution is 5.74. The molecule has 0 spiro atoms. The van der Waals surface area contributed by atoms with Crippen molar-refractivity contribution in [1.82, 2.24) is 0 Å². The van der Waals surface area contributed by atoms with Gasteiger partial charge in [-0.2, -0.15) is 0 Å². The van der Waals surface area contributed by atoms with Gasteiger partial charge in [0.15, 0.2) is 0 Å². The average Bonchev–Trinajstić information content (AvgIpc) is 3.07.